The van der Waals surface area contributed by atoms with Gasteiger partial charge in [-0.25, -0.2) is 0 Å². The van der Waals surface area contributed by atoms with E-state index in [-0.39, 0.29) is 24.3 Å². The Balaban J connectivity index is 2.51. The smallest absolute Gasteiger partial charge is 0.326 e. The number of rotatable bonds is 7. The Morgan fingerprint density at radius 2 is 2.04 bits per heavy atom. The van der Waals surface area contributed by atoms with Gasteiger partial charge >= 0.3 is 5.97 Å². The van der Waals surface area contributed by atoms with E-state index in [4.69, 9.17) is 4.74 Å². The number of hydrogen-bond acceptors (Lipinski definition) is 4. The fraction of sp³-hybridized carbons (Fsp3) is 0.526. The number of carbonyl (C=O) groups is 2. The first-order valence-electron chi connectivity index (χ1n) is 8.82. The van der Waals surface area contributed by atoms with Gasteiger partial charge in [0.15, 0.2) is 4.80 Å². The normalized spacial score (nSPS) is 12.1. The van der Waals surface area contributed by atoms with Crippen LogP contribution in [0, 0.1) is 5.92 Å². The zero-order chi connectivity index (χ0) is 18.4. The van der Waals surface area contributed by atoms with Crippen LogP contribution in [-0.4, -0.2) is 23.1 Å². The summed E-state index contributed by atoms with van der Waals surface area (Å²) >= 11 is 1.45. The molecule has 6 heteroatoms. The van der Waals surface area contributed by atoms with Crippen molar-refractivity contribution in [2.24, 2.45) is 10.9 Å². The second-order valence-electron chi connectivity index (χ2n) is 6.29. The van der Waals surface area contributed by atoms with Gasteiger partial charge in [0.05, 0.1) is 16.8 Å². The summed E-state index contributed by atoms with van der Waals surface area (Å²) in [4.78, 5) is 28.8. The number of aromatic nitrogens is 1. The molecule has 0 aliphatic heterocycles. The van der Waals surface area contributed by atoms with E-state index in [0.717, 1.165) is 29.5 Å². The number of unbranched alkanes of at least 4 members (excludes halogenated alkanes) is 1. The minimum atomic E-state index is -0.323. The Morgan fingerprint density at radius 1 is 1.28 bits per heavy atom. The van der Waals surface area contributed by atoms with Crippen LogP contribution < -0.4 is 4.80 Å². The van der Waals surface area contributed by atoms with Gasteiger partial charge in [0.25, 0.3) is 5.91 Å². The zero-order valence-corrected chi connectivity index (χ0v) is 16.2. The van der Waals surface area contributed by atoms with Crippen LogP contribution >= 0.6 is 11.3 Å². The number of ether oxygens (including phenoxy) is 1. The first-order chi connectivity index (χ1) is 12.0. The first kappa shape index (κ1) is 19.4. The van der Waals surface area contributed by atoms with Gasteiger partial charge in [-0.3, -0.25) is 9.59 Å². The number of benzene rings is 1. The maximum absolute atomic E-state index is 12.1. The van der Waals surface area contributed by atoms with Gasteiger partial charge in [-0.1, -0.05) is 44.6 Å². The SMILES string of the molecule is CCCCc1ccc2c(c1)sc(=NC(=O)C(C)C)n2CC(=O)OCC. The average molecular weight is 362 g/mol. The van der Waals surface area contributed by atoms with Crippen molar-refractivity contribution in [3.8, 4) is 0 Å². The van der Waals surface area contributed by atoms with Gasteiger partial charge in [-0.15, -0.1) is 0 Å². The molecule has 0 aliphatic rings. The van der Waals surface area contributed by atoms with Crippen LogP contribution in [0.15, 0.2) is 23.2 Å². The quantitative estimate of drug-likeness (QED) is 0.706. The summed E-state index contributed by atoms with van der Waals surface area (Å²) in [5.41, 5.74) is 2.18. The highest BCUT2D eigenvalue weighted by Gasteiger charge is 2.13. The molecule has 136 valence electrons. The molecule has 0 N–H and O–H groups in total. The molecular weight excluding hydrogens is 336 g/mol. The molecule has 0 fully saturated rings. The van der Waals surface area contributed by atoms with Gasteiger partial charge in [0.2, 0.25) is 0 Å². The number of thiazole rings is 1. The third kappa shape index (κ3) is 5.01. The van der Waals surface area contributed by atoms with Crippen LogP contribution in [0.4, 0.5) is 0 Å². The van der Waals surface area contributed by atoms with Gasteiger partial charge in [-0.05, 0) is 37.5 Å². The number of carbonyl (C=O) groups excluding carboxylic acids is 2. The number of fused-ring (bicyclic) bond motifs is 1. The lowest BCUT2D eigenvalue weighted by molar-refractivity contribution is -0.143. The zero-order valence-electron chi connectivity index (χ0n) is 15.4. The van der Waals surface area contributed by atoms with E-state index in [2.05, 4.69) is 24.0 Å². The molecule has 0 radical (unpaired) electrons. The highest BCUT2D eigenvalue weighted by Crippen LogP contribution is 2.20. The molecule has 0 saturated carbocycles. The first-order valence-corrected chi connectivity index (χ1v) is 9.64. The van der Waals surface area contributed by atoms with Crippen molar-refractivity contribution in [2.45, 2.75) is 53.5 Å². The standard InChI is InChI=1S/C19H26N2O3S/c1-5-7-8-14-9-10-15-16(11-14)25-19(20-18(23)13(3)4)21(15)12-17(22)24-6-2/h9-11,13H,5-8,12H2,1-4H3. The minimum Gasteiger partial charge on any atom is -0.465 e. The number of amides is 1. The molecular formula is C19H26N2O3S. The summed E-state index contributed by atoms with van der Waals surface area (Å²) < 4.78 is 7.88. The number of esters is 1. The highest BCUT2D eigenvalue weighted by molar-refractivity contribution is 7.16. The third-order valence-electron chi connectivity index (χ3n) is 3.86. The Morgan fingerprint density at radius 3 is 2.68 bits per heavy atom. The Labute approximate surface area is 152 Å². The Bertz CT molecular complexity index is 818. The fourth-order valence-corrected chi connectivity index (χ4v) is 3.55. The number of aryl methyl sites for hydroxylation is 1. The summed E-state index contributed by atoms with van der Waals surface area (Å²) in [6, 6.07) is 6.23. The van der Waals surface area contributed by atoms with Crippen molar-refractivity contribution in [3.63, 3.8) is 0 Å². The summed E-state index contributed by atoms with van der Waals surface area (Å²) in [5.74, 6) is -0.688. The number of nitrogens with zero attached hydrogens (tertiary/aromatic N) is 2. The second kappa shape index (κ2) is 8.94. The van der Waals surface area contributed by atoms with E-state index in [9.17, 15) is 9.59 Å². The molecule has 0 atom stereocenters. The van der Waals surface area contributed by atoms with Crippen molar-refractivity contribution < 1.29 is 14.3 Å². The van der Waals surface area contributed by atoms with Crippen molar-refractivity contribution in [3.05, 3.63) is 28.6 Å². The molecule has 2 aromatic rings. The molecule has 0 saturated heterocycles. The predicted octanol–water partition coefficient (Wildman–Crippen LogP) is 3.69. The Hall–Kier alpha value is -1.95. The number of hydrogen-bond donors (Lipinski definition) is 0. The maximum atomic E-state index is 12.1. The van der Waals surface area contributed by atoms with E-state index >= 15 is 0 Å². The van der Waals surface area contributed by atoms with Crippen molar-refractivity contribution in [1.29, 1.82) is 0 Å². The summed E-state index contributed by atoms with van der Waals surface area (Å²) in [7, 11) is 0. The summed E-state index contributed by atoms with van der Waals surface area (Å²) in [6.07, 6.45) is 3.32. The fourth-order valence-electron chi connectivity index (χ4n) is 2.45. The lowest BCUT2D eigenvalue weighted by atomic mass is 10.1. The second-order valence-corrected chi connectivity index (χ2v) is 7.30. The molecule has 2 rings (SSSR count). The monoisotopic (exact) mass is 362 g/mol. The van der Waals surface area contributed by atoms with Crippen LogP contribution in [0.5, 0.6) is 0 Å². The van der Waals surface area contributed by atoms with E-state index in [1.165, 1.54) is 16.9 Å². The lowest BCUT2D eigenvalue weighted by Crippen LogP contribution is -2.23. The van der Waals surface area contributed by atoms with Crippen LogP contribution in [0.2, 0.25) is 0 Å². The molecule has 1 heterocycles. The van der Waals surface area contributed by atoms with Crippen molar-refractivity contribution in [2.75, 3.05) is 6.61 Å². The molecule has 5 nitrogen and oxygen atoms in total. The topological polar surface area (TPSA) is 60.7 Å². The largest absolute Gasteiger partial charge is 0.465 e. The summed E-state index contributed by atoms with van der Waals surface area (Å²) in [5, 5.41) is 0. The van der Waals surface area contributed by atoms with Crippen molar-refractivity contribution >= 4 is 33.4 Å². The predicted molar refractivity (Wildman–Crippen MR) is 100 cm³/mol. The van der Waals surface area contributed by atoms with Gasteiger partial charge in [0.1, 0.15) is 6.54 Å². The minimum absolute atomic E-state index is 0.0619. The molecule has 0 bridgehead atoms. The molecule has 1 aromatic carbocycles. The highest BCUT2D eigenvalue weighted by atomic mass is 32.1. The lowest BCUT2D eigenvalue weighted by Gasteiger charge is -2.06. The molecule has 1 amide bonds. The van der Waals surface area contributed by atoms with Crippen LogP contribution in [0.25, 0.3) is 10.2 Å². The van der Waals surface area contributed by atoms with Crippen LogP contribution in [0.3, 0.4) is 0 Å². The van der Waals surface area contributed by atoms with Gasteiger partial charge in [0, 0.05) is 5.92 Å². The van der Waals surface area contributed by atoms with E-state index < -0.39 is 0 Å². The Kier molecular flexibility index (Phi) is 6.93. The van der Waals surface area contributed by atoms with E-state index in [1.54, 1.807) is 11.5 Å². The van der Waals surface area contributed by atoms with Gasteiger partial charge in [-0.2, -0.15) is 4.99 Å². The third-order valence-corrected chi connectivity index (χ3v) is 4.90. The molecule has 0 spiro atoms. The molecule has 1 aromatic heterocycles. The molecule has 25 heavy (non-hydrogen) atoms. The van der Waals surface area contributed by atoms with Crippen LogP contribution in [0.1, 0.15) is 46.1 Å². The average Bonchev–Trinajstić information content (AvgIpc) is 2.89. The molecule has 0 aliphatic carbocycles. The van der Waals surface area contributed by atoms with E-state index in [0.29, 0.717) is 11.4 Å². The summed E-state index contributed by atoms with van der Waals surface area (Å²) in [6.45, 7) is 7.98. The van der Waals surface area contributed by atoms with Gasteiger partial charge < -0.3 is 9.30 Å². The van der Waals surface area contributed by atoms with Crippen LogP contribution in [-0.2, 0) is 27.3 Å². The molecule has 0 unspecified atom stereocenters. The maximum Gasteiger partial charge on any atom is 0.326 e. The van der Waals surface area contributed by atoms with E-state index in [1.807, 2.05) is 19.9 Å². The van der Waals surface area contributed by atoms with Crippen molar-refractivity contribution in [1.82, 2.24) is 4.57 Å².